The number of alkyl halides is 6. The summed E-state index contributed by atoms with van der Waals surface area (Å²) in [6.07, 6.45) is -5.65. The molecule has 1 amide bonds. The van der Waals surface area contributed by atoms with Crippen molar-refractivity contribution in [1.29, 1.82) is 0 Å². The van der Waals surface area contributed by atoms with Crippen molar-refractivity contribution in [2.45, 2.75) is 90.2 Å². The van der Waals surface area contributed by atoms with E-state index in [0.29, 0.717) is 37.3 Å². The molecule has 2 atom stereocenters. The second-order valence-corrected chi connectivity index (χ2v) is 13.9. The summed E-state index contributed by atoms with van der Waals surface area (Å²) < 4.78 is 98.4. The van der Waals surface area contributed by atoms with Crippen LogP contribution in [0, 0.1) is 10.8 Å². The van der Waals surface area contributed by atoms with Gasteiger partial charge in [0, 0.05) is 19.2 Å². The van der Waals surface area contributed by atoms with Gasteiger partial charge in [0.15, 0.2) is 0 Å². The number of ether oxygens (including phenoxy) is 3. The maximum atomic E-state index is 13.6. The molecule has 5 nitrogen and oxygen atoms in total. The zero-order valence-corrected chi connectivity index (χ0v) is 26.8. The molecule has 0 unspecified atom stereocenters. The molecule has 5 rings (SSSR count). The topological polar surface area (TPSA) is 48.0 Å². The monoisotopic (exact) mass is 653 g/mol. The third-order valence-electron chi connectivity index (χ3n) is 9.90. The lowest BCUT2D eigenvalue weighted by Gasteiger charge is -2.41. The highest BCUT2D eigenvalue weighted by Crippen LogP contribution is 2.48. The zero-order chi connectivity index (χ0) is 33.7. The Morgan fingerprint density at radius 3 is 2.15 bits per heavy atom. The number of rotatable bonds is 9. The summed E-state index contributed by atoms with van der Waals surface area (Å²) in [5.41, 5.74) is 0.863. The van der Waals surface area contributed by atoms with Crippen LogP contribution < -0.4 is 4.74 Å². The van der Waals surface area contributed by atoms with Crippen molar-refractivity contribution in [2.75, 3.05) is 27.4 Å². The summed E-state index contributed by atoms with van der Waals surface area (Å²) in [5, 5.41) is 0. The molecular weight excluding hydrogens is 612 g/mol. The molecule has 2 fully saturated rings. The van der Waals surface area contributed by atoms with E-state index in [1.807, 2.05) is 6.07 Å². The lowest BCUT2D eigenvalue weighted by Crippen LogP contribution is -2.36. The number of allylic oxidation sites excluding steroid dienone is 1. The van der Waals surface area contributed by atoms with E-state index in [2.05, 4.69) is 26.0 Å². The molecule has 0 bridgehead atoms. The Kier molecular flexibility index (Phi) is 9.22. The third kappa shape index (κ3) is 7.04. The fraction of sp³-hybridized carbons (Fsp3) is 0.571. The zero-order valence-electron chi connectivity index (χ0n) is 26.8. The molecule has 1 heterocycles. The average molecular weight is 654 g/mol. The number of nitrogens with zero attached hydrogens (tertiary/aromatic N) is 1. The first-order valence-electron chi connectivity index (χ1n) is 15.6. The number of hydrogen-bond acceptors (Lipinski definition) is 4. The Morgan fingerprint density at radius 1 is 0.957 bits per heavy atom. The second kappa shape index (κ2) is 12.4. The second-order valence-electron chi connectivity index (χ2n) is 13.9. The first-order valence-corrected chi connectivity index (χ1v) is 15.6. The molecule has 1 aliphatic heterocycles. The van der Waals surface area contributed by atoms with Crippen LogP contribution in [0.25, 0.3) is 5.57 Å². The summed E-state index contributed by atoms with van der Waals surface area (Å²) in [6.45, 7) is 6.67. The highest BCUT2D eigenvalue weighted by atomic mass is 19.4. The smallest absolute Gasteiger partial charge is 0.416 e. The molecule has 0 N–H and O–H groups in total. The molecule has 46 heavy (non-hydrogen) atoms. The Labute approximate surface area is 265 Å². The molecule has 0 aromatic heterocycles. The van der Waals surface area contributed by atoms with Gasteiger partial charge in [0.05, 0.1) is 30.9 Å². The normalized spacial score (nSPS) is 22.9. The van der Waals surface area contributed by atoms with E-state index in [9.17, 15) is 31.1 Å². The Morgan fingerprint density at radius 2 is 1.61 bits per heavy atom. The molecule has 2 aromatic rings. The van der Waals surface area contributed by atoms with Crippen LogP contribution in [0.4, 0.5) is 31.1 Å². The standard InChI is InChI=1S/C35H41F6NO4/c1-21-30(23-14-25(34(36,37)38)16-26(15-23)35(39,40)41)46-31(43)42(21)19-24-18-32(2,3)12-9-27(24)28-13-22(7-8-29(28)45-5)17-33(20-44-4)10-6-11-33/h7-8,13-16,21,30H,6,9-12,17-20H2,1-5H3/t21-,30-/m0/s1. The molecular formula is C35H41F6NO4. The fourth-order valence-electron chi connectivity index (χ4n) is 7.29. The van der Waals surface area contributed by atoms with Crippen LogP contribution in [-0.4, -0.2) is 44.4 Å². The van der Waals surface area contributed by atoms with Gasteiger partial charge >= 0.3 is 18.4 Å². The Balaban J connectivity index is 1.50. The molecule has 1 saturated carbocycles. The molecule has 11 heteroatoms. The highest BCUT2D eigenvalue weighted by Gasteiger charge is 2.44. The SMILES string of the molecule is COCC1(Cc2ccc(OC)c(C3=C(CN4C(=O)O[C@H](c5cc(C(F)(F)F)cc(C(F)(F)F)c5)[C@@H]4C)CC(C)(C)CC3)c2)CCC1. The van der Waals surface area contributed by atoms with Crippen LogP contribution in [0.2, 0.25) is 0 Å². The molecule has 0 radical (unpaired) electrons. The van der Waals surface area contributed by atoms with Gasteiger partial charge in [-0.2, -0.15) is 26.3 Å². The molecule has 1 saturated heterocycles. The van der Waals surface area contributed by atoms with Crippen molar-refractivity contribution in [3.05, 3.63) is 69.8 Å². The van der Waals surface area contributed by atoms with Gasteiger partial charge in [-0.25, -0.2) is 4.79 Å². The van der Waals surface area contributed by atoms with Gasteiger partial charge in [-0.3, -0.25) is 4.90 Å². The number of amides is 1. The van der Waals surface area contributed by atoms with Crippen molar-refractivity contribution < 1.29 is 45.3 Å². The maximum Gasteiger partial charge on any atom is 0.416 e. The van der Waals surface area contributed by atoms with Crippen LogP contribution in [0.15, 0.2) is 42.0 Å². The van der Waals surface area contributed by atoms with Crippen molar-refractivity contribution in [3.63, 3.8) is 0 Å². The molecule has 252 valence electrons. The van der Waals surface area contributed by atoms with Gasteiger partial charge in [0.1, 0.15) is 11.9 Å². The summed E-state index contributed by atoms with van der Waals surface area (Å²) in [7, 11) is 3.33. The maximum absolute atomic E-state index is 13.6. The van der Waals surface area contributed by atoms with Gasteiger partial charge in [0.2, 0.25) is 0 Å². The van der Waals surface area contributed by atoms with E-state index in [-0.39, 0.29) is 29.0 Å². The van der Waals surface area contributed by atoms with Gasteiger partial charge in [0.25, 0.3) is 0 Å². The van der Waals surface area contributed by atoms with E-state index in [1.54, 1.807) is 21.1 Å². The summed E-state index contributed by atoms with van der Waals surface area (Å²) >= 11 is 0. The Bertz CT molecular complexity index is 1460. The van der Waals surface area contributed by atoms with Gasteiger partial charge in [-0.15, -0.1) is 0 Å². The predicted molar refractivity (Wildman–Crippen MR) is 161 cm³/mol. The van der Waals surface area contributed by atoms with E-state index in [4.69, 9.17) is 14.2 Å². The molecule has 3 aliphatic rings. The van der Waals surface area contributed by atoms with Crippen LogP contribution in [0.1, 0.15) is 93.2 Å². The number of benzene rings is 2. The minimum Gasteiger partial charge on any atom is -0.496 e. The van der Waals surface area contributed by atoms with Gasteiger partial charge < -0.3 is 14.2 Å². The number of cyclic esters (lactones) is 1. The molecule has 0 spiro atoms. The minimum atomic E-state index is -5.01. The van der Waals surface area contributed by atoms with Crippen molar-refractivity contribution in [2.24, 2.45) is 10.8 Å². The van der Waals surface area contributed by atoms with Crippen LogP contribution in [0.5, 0.6) is 5.75 Å². The van der Waals surface area contributed by atoms with E-state index in [0.717, 1.165) is 48.0 Å². The number of carbonyl (C=O) groups excluding carboxylic acids is 1. The largest absolute Gasteiger partial charge is 0.496 e. The van der Waals surface area contributed by atoms with Crippen LogP contribution in [-0.2, 0) is 28.2 Å². The number of methoxy groups -OCH3 is 2. The molecule has 2 aromatic carbocycles. The highest BCUT2D eigenvalue weighted by molar-refractivity contribution is 5.77. The Hall–Kier alpha value is -3.21. The summed E-state index contributed by atoms with van der Waals surface area (Å²) in [5.74, 6) is 0.698. The fourth-order valence-corrected chi connectivity index (χ4v) is 7.29. The minimum absolute atomic E-state index is 0.0769. The summed E-state index contributed by atoms with van der Waals surface area (Å²) in [6, 6.07) is 6.71. The average Bonchev–Trinajstić information content (AvgIpc) is 3.23. The number of halogens is 6. The third-order valence-corrected chi connectivity index (χ3v) is 9.90. The first-order chi connectivity index (χ1) is 21.4. The quantitative estimate of drug-likeness (QED) is 0.253. The van der Waals surface area contributed by atoms with Crippen molar-refractivity contribution in [1.82, 2.24) is 4.90 Å². The first kappa shape index (κ1) is 34.1. The van der Waals surface area contributed by atoms with Crippen molar-refractivity contribution >= 4 is 11.7 Å². The van der Waals surface area contributed by atoms with E-state index in [1.165, 1.54) is 11.3 Å². The van der Waals surface area contributed by atoms with Crippen molar-refractivity contribution in [3.8, 4) is 5.75 Å². The van der Waals surface area contributed by atoms with E-state index < -0.39 is 41.7 Å². The predicted octanol–water partition coefficient (Wildman–Crippen LogP) is 9.64. The number of hydrogen-bond donors (Lipinski definition) is 0. The lowest BCUT2D eigenvalue weighted by molar-refractivity contribution is -0.143. The van der Waals surface area contributed by atoms with Crippen LogP contribution >= 0.6 is 0 Å². The molecule has 2 aliphatic carbocycles. The lowest BCUT2D eigenvalue weighted by atomic mass is 9.65. The van der Waals surface area contributed by atoms with E-state index >= 15 is 0 Å². The van der Waals surface area contributed by atoms with Gasteiger partial charge in [-0.1, -0.05) is 26.3 Å². The number of carbonyl (C=O) groups is 1. The van der Waals surface area contributed by atoms with Crippen LogP contribution in [0.3, 0.4) is 0 Å². The summed E-state index contributed by atoms with van der Waals surface area (Å²) in [4.78, 5) is 14.7. The van der Waals surface area contributed by atoms with Gasteiger partial charge in [-0.05, 0) is 109 Å².